The number of methoxy groups -OCH3 is 1. The summed E-state index contributed by atoms with van der Waals surface area (Å²) in [5.41, 5.74) is 3.35. The van der Waals surface area contributed by atoms with Crippen LogP contribution in [0.15, 0.2) is 23.2 Å². The van der Waals surface area contributed by atoms with Crippen LogP contribution in [0.2, 0.25) is 5.02 Å². The van der Waals surface area contributed by atoms with Crippen molar-refractivity contribution in [3.05, 3.63) is 28.8 Å². The highest BCUT2D eigenvalue weighted by Crippen LogP contribution is 2.26. The van der Waals surface area contributed by atoms with E-state index in [2.05, 4.69) is 15.7 Å². The summed E-state index contributed by atoms with van der Waals surface area (Å²) in [6, 6.07) is 5.73. The van der Waals surface area contributed by atoms with Gasteiger partial charge in [0.15, 0.2) is 0 Å². The number of nitrogens with one attached hydrogen (secondary N) is 2. The lowest BCUT2D eigenvalue weighted by Crippen LogP contribution is -2.44. The molecule has 0 radical (unpaired) electrons. The Bertz CT molecular complexity index is 421. The molecule has 6 heteroatoms. The molecule has 0 unspecified atom stereocenters. The molecule has 5 nitrogen and oxygen atoms in total. The van der Waals surface area contributed by atoms with Crippen molar-refractivity contribution >= 4 is 17.6 Å². The molecule has 0 fully saturated rings. The standard InChI is InChI=1S/C12H19ClN4O/c1-8(2)16-12(17-14)15-7-9-10(13)5-4-6-11(9)18-3/h4-6,8H,7,14H2,1-3H3,(H2,15,16,17). The van der Waals surface area contributed by atoms with E-state index in [1.807, 2.05) is 26.0 Å². The summed E-state index contributed by atoms with van der Waals surface area (Å²) in [5.74, 6) is 6.62. The van der Waals surface area contributed by atoms with Gasteiger partial charge in [-0.3, -0.25) is 5.43 Å². The lowest BCUT2D eigenvalue weighted by Gasteiger charge is -2.13. The number of ether oxygens (including phenoxy) is 1. The van der Waals surface area contributed by atoms with Gasteiger partial charge in [-0.25, -0.2) is 10.8 Å². The normalized spacial score (nSPS) is 11.6. The van der Waals surface area contributed by atoms with E-state index in [9.17, 15) is 0 Å². The molecule has 0 bridgehead atoms. The van der Waals surface area contributed by atoms with Crippen molar-refractivity contribution in [2.24, 2.45) is 10.8 Å². The van der Waals surface area contributed by atoms with Gasteiger partial charge in [-0.1, -0.05) is 17.7 Å². The number of nitrogens with two attached hydrogens (primary N) is 1. The van der Waals surface area contributed by atoms with Crippen molar-refractivity contribution in [1.29, 1.82) is 0 Å². The van der Waals surface area contributed by atoms with E-state index < -0.39 is 0 Å². The molecule has 0 amide bonds. The maximum absolute atomic E-state index is 6.12. The van der Waals surface area contributed by atoms with Crippen LogP contribution >= 0.6 is 11.6 Å². The van der Waals surface area contributed by atoms with E-state index in [1.54, 1.807) is 13.2 Å². The Kier molecular flexibility index (Phi) is 5.74. The third-order valence-electron chi connectivity index (χ3n) is 2.25. The Labute approximate surface area is 112 Å². The summed E-state index contributed by atoms with van der Waals surface area (Å²) >= 11 is 6.12. The third-order valence-corrected chi connectivity index (χ3v) is 2.61. The van der Waals surface area contributed by atoms with Crippen LogP contribution in [-0.2, 0) is 6.54 Å². The van der Waals surface area contributed by atoms with E-state index in [0.29, 0.717) is 23.3 Å². The summed E-state index contributed by atoms with van der Waals surface area (Å²) in [5, 5.41) is 3.71. The number of rotatable bonds is 4. The summed E-state index contributed by atoms with van der Waals surface area (Å²) in [6.07, 6.45) is 0. The molecule has 1 rings (SSSR count). The van der Waals surface area contributed by atoms with Crippen LogP contribution in [0.1, 0.15) is 19.4 Å². The van der Waals surface area contributed by atoms with Crippen molar-refractivity contribution in [2.45, 2.75) is 26.4 Å². The number of hydrogen-bond acceptors (Lipinski definition) is 3. The average Bonchev–Trinajstić information content (AvgIpc) is 2.34. The van der Waals surface area contributed by atoms with E-state index in [-0.39, 0.29) is 6.04 Å². The molecule has 4 N–H and O–H groups in total. The number of hydrazine groups is 1. The fraction of sp³-hybridized carbons (Fsp3) is 0.417. The van der Waals surface area contributed by atoms with E-state index >= 15 is 0 Å². The van der Waals surface area contributed by atoms with Crippen molar-refractivity contribution in [3.63, 3.8) is 0 Å². The maximum atomic E-state index is 6.12. The molecule has 0 aliphatic rings. The van der Waals surface area contributed by atoms with Crippen LogP contribution in [-0.4, -0.2) is 19.1 Å². The quantitative estimate of drug-likeness (QED) is 0.337. The van der Waals surface area contributed by atoms with Crippen molar-refractivity contribution in [2.75, 3.05) is 7.11 Å². The van der Waals surface area contributed by atoms with Crippen LogP contribution in [0, 0.1) is 0 Å². The Balaban J connectivity index is 2.86. The van der Waals surface area contributed by atoms with Gasteiger partial charge in [0.25, 0.3) is 0 Å². The number of nitrogens with zero attached hydrogens (tertiary/aromatic N) is 1. The van der Waals surface area contributed by atoms with Gasteiger partial charge in [0.1, 0.15) is 5.75 Å². The van der Waals surface area contributed by atoms with Crippen LogP contribution in [0.5, 0.6) is 5.75 Å². The summed E-state index contributed by atoms with van der Waals surface area (Å²) < 4.78 is 5.25. The Hall–Kier alpha value is -1.46. The van der Waals surface area contributed by atoms with E-state index in [0.717, 1.165) is 5.56 Å². The predicted octanol–water partition coefficient (Wildman–Crippen LogP) is 1.67. The molecule has 0 aliphatic heterocycles. The molecule has 0 aliphatic carbocycles. The Morgan fingerprint density at radius 1 is 1.50 bits per heavy atom. The van der Waals surface area contributed by atoms with Gasteiger partial charge >= 0.3 is 0 Å². The monoisotopic (exact) mass is 270 g/mol. The number of hydrogen-bond donors (Lipinski definition) is 3. The predicted molar refractivity (Wildman–Crippen MR) is 74.7 cm³/mol. The first-order valence-electron chi connectivity index (χ1n) is 5.67. The number of guanidine groups is 1. The summed E-state index contributed by atoms with van der Waals surface area (Å²) in [7, 11) is 1.60. The number of benzene rings is 1. The molecule has 0 aromatic heterocycles. The number of aliphatic imine (C=N–C) groups is 1. The van der Waals surface area contributed by atoms with Gasteiger partial charge in [0.05, 0.1) is 13.7 Å². The SMILES string of the molecule is COc1cccc(Cl)c1CN=C(NN)NC(C)C. The first-order valence-corrected chi connectivity index (χ1v) is 6.05. The fourth-order valence-corrected chi connectivity index (χ4v) is 1.67. The number of halogens is 1. The summed E-state index contributed by atoms with van der Waals surface area (Å²) in [6.45, 7) is 4.40. The first-order chi connectivity index (χ1) is 8.58. The Morgan fingerprint density at radius 3 is 2.78 bits per heavy atom. The zero-order valence-corrected chi connectivity index (χ0v) is 11.6. The second-order valence-corrected chi connectivity index (χ2v) is 4.44. The van der Waals surface area contributed by atoms with Gasteiger partial charge < -0.3 is 10.1 Å². The van der Waals surface area contributed by atoms with Crippen molar-refractivity contribution < 1.29 is 4.74 Å². The van der Waals surface area contributed by atoms with Crippen LogP contribution in [0.3, 0.4) is 0 Å². The van der Waals surface area contributed by atoms with Crippen LogP contribution in [0.4, 0.5) is 0 Å². The minimum Gasteiger partial charge on any atom is -0.496 e. The van der Waals surface area contributed by atoms with Gasteiger partial charge in [0, 0.05) is 16.6 Å². The maximum Gasteiger partial charge on any atom is 0.206 e. The first kappa shape index (κ1) is 14.6. The summed E-state index contributed by atoms with van der Waals surface area (Å²) in [4.78, 5) is 4.33. The molecule has 0 atom stereocenters. The van der Waals surface area contributed by atoms with Gasteiger partial charge in [0.2, 0.25) is 5.96 Å². The van der Waals surface area contributed by atoms with E-state index in [1.165, 1.54) is 0 Å². The molecule has 0 spiro atoms. The molecule has 18 heavy (non-hydrogen) atoms. The fourth-order valence-electron chi connectivity index (χ4n) is 1.45. The second-order valence-electron chi connectivity index (χ2n) is 4.03. The van der Waals surface area contributed by atoms with Crippen molar-refractivity contribution in [3.8, 4) is 5.75 Å². The highest BCUT2D eigenvalue weighted by molar-refractivity contribution is 6.31. The van der Waals surface area contributed by atoms with Crippen LogP contribution in [0.25, 0.3) is 0 Å². The average molecular weight is 271 g/mol. The third kappa shape index (κ3) is 4.09. The van der Waals surface area contributed by atoms with E-state index in [4.69, 9.17) is 22.2 Å². The zero-order chi connectivity index (χ0) is 13.5. The zero-order valence-electron chi connectivity index (χ0n) is 10.8. The lowest BCUT2D eigenvalue weighted by molar-refractivity contribution is 0.410. The lowest BCUT2D eigenvalue weighted by atomic mass is 10.2. The minimum absolute atomic E-state index is 0.243. The minimum atomic E-state index is 0.243. The highest BCUT2D eigenvalue weighted by atomic mass is 35.5. The molecule has 0 saturated carbocycles. The molecule has 1 aromatic rings. The van der Waals surface area contributed by atoms with Gasteiger partial charge in [-0.15, -0.1) is 0 Å². The highest BCUT2D eigenvalue weighted by Gasteiger charge is 2.07. The molecular weight excluding hydrogens is 252 g/mol. The van der Waals surface area contributed by atoms with Crippen LogP contribution < -0.4 is 21.3 Å². The smallest absolute Gasteiger partial charge is 0.206 e. The molecular formula is C12H19ClN4O. The Morgan fingerprint density at radius 2 is 2.22 bits per heavy atom. The largest absolute Gasteiger partial charge is 0.496 e. The van der Waals surface area contributed by atoms with Gasteiger partial charge in [-0.05, 0) is 26.0 Å². The second kappa shape index (κ2) is 7.08. The topological polar surface area (TPSA) is 71.7 Å². The van der Waals surface area contributed by atoms with Gasteiger partial charge in [-0.2, -0.15) is 0 Å². The van der Waals surface area contributed by atoms with Crippen molar-refractivity contribution in [1.82, 2.24) is 10.7 Å². The molecule has 1 aromatic carbocycles. The molecule has 0 saturated heterocycles. The molecule has 0 heterocycles. The molecule has 100 valence electrons.